The van der Waals surface area contributed by atoms with Crippen LogP contribution in [0, 0.1) is 28.6 Å². The van der Waals surface area contributed by atoms with Crippen LogP contribution in [0.15, 0.2) is 0 Å². The Morgan fingerprint density at radius 3 is 2.54 bits per heavy atom. The van der Waals surface area contributed by atoms with Gasteiger partial charge in [0.1, 0.15) is 5.78 Å². The second-order valence-electron chi connectivity index (χ2n) is 10.8. The van der Waals surface area contributed by atoms with Crippen LogP contribution in [0.5, 0.6) is 0 Å². The molecule has 28 heavy (non-hydrogen) atoms. The van der Waals surface area contributed by atoms with E-state index in [1.807, 2.05) is 0 Å². The number of carboxylic acids is 1. The highest BCUT2D eigenvalue weighted by molar-refractivity contribution is 5.87. The Morgan fingerprint density at radius 2 is 1.86 bits per heavy atom. The van der Waals surface area contributed by atoms with Crippen LogP contribution in [0.1, 0.15) is 104 Å². The van der Waals surface area contributed by atoms with E-state index in [-0.39, 0.29) is 17.3 Å². The molecule has 3 fully saturated rings. The van der Waals surface area contributed by atoms with Gasteiger partial charge in [-0.15, -0.1) is 0 Å². The number of unbranched alkanes of at least 4 members (excludes halogenated alkanes) is 2. The summed E-state index contributed by atoms with van der Waals surface area (Å²) in [6.45, 7) is 6.67. The second kappa shape index (κ2) is 8.08. The predicted molar refractivity (Wildman–Crippen MR) is 110 cm³/mol. The number of hydrogen-bond donors (Lipinski definition) is 2. The van der Waals surface area contributed by atoms with Gasteiger partial charge in [0.15, 0.2) is 0 Å². The second-order valence-corrected chi connectivity index (χ2v) is 10.8. The first-order valence-corrected chi connectivity index (χ1v) is 11.6. The van der Waals surface area contributed by atoms with Gasteiger partial charge in [-0.2, -0.15) is 0 Å². The summed E-state index contributed by atoms with van der Waals surface area (Å²) in [5.41, 5.74) is -0.866. The minimum absolute atomic E-state index is 0.0215. The van der Waals surface area contributed by atoms with Crippen molar-refractivity contribution >= 4 is 11.8 Å². The van der Waals surface area contributed by atoms with Crippen molar-refractivity contribution in [1.82, 2.24) is 0 Å². The zero-order valence-electron chi connectivity index (χ0n) is 18.1. The highest BCUT2D eigenvalue weighted by Crippen LogP contribution is 2.64. The van der Waals surface area contributed by atoms with Crippen LogP contribution in [0.25, 0.3) is 0 Å². The van der Waals surface area contributed by atoms with Crippen LogP contribution < -0.4 is 0 Å². The molecule has 3 saturated carbocycles. The number of aliphatic hydroxyl groups is 1. The molecule has 0 bridgehead atoms. The minimum atomic E-state index is -0.730. The molecule has 0 aromatic carbocycles. The summed E-state index contributed by atoms with van der Waals surface area (Å²) >= 11 is 0. The topological polar surface area (TPSA) is 74.6 Å². The first-order valence-electron chi connectivity index (χ1n) is 11.6. The van der Waals surface area contributed by atoms with Gasteiger partial charge < -0.3 is 10.2 Å². The standard InChI is InChI=1S/C24H40O4/c1-4-5-6-13-24(28)15-17-18(22(2,16-24)12-7-8-21(26)27)11-14-23(3)19(17)9-10-20(23)25/h17-19,28H,4-16H2,1-3H3,(H,26,27)/t17-,18+,19+,22+,23+,24-/m1/s1. The van der Waals surface area contributed by atoms with Gasteiger partial charge in [0.2, 0.25) is 0 Å². The van der Waals surface area contributed by atoms with Crippen LogP contribution in [-0.4, -0.2) is 27.6 Å². The van der Waals surface area contributed by atoms with E-state index < -0.39 is 11.6 Å². The molecule has 160 valence electrons. The molecule has 3 aliphatic carbocycles. The lowest BCUT2D eigenvalue weighted by Gasteiger charge is -2.59. The number of Topliss-reactive ketones (excluding diaryl/α,β-unsaturated/α-hetero) is 1. The Hall–Kier alpha value is -0.900. The average molecular weight is 393 g/mol. The van der Waals surface area contributed by atoms with Crippen LogP contribution in [0.3, 0.4) is 0 Å². The third-order valence-electron chi connectivity index (χ3n) is 8.77. The lowest BCUT2D eigenvalue weighted by molar-refractivity contribution is -0.158. The fourth-order valence-electron chi connectivity index (χ4n) is 7.41. The molecular weight excluding hydrogens is 352 g/mol. The summed E-state index contributed by atoms with van der Waals surface area (Å²) in [5.74, 6) is 1.02. The monoisotopic (exact) mass is 392 g/mol. The van der Waals surface area contributed by atoms with Gasteiger partial charge in [0, 0.05) is 18.3 Å². The number of aliphatic carboxylic acids is 1. The molecule has 0 aromatic rings. The number of rotatable bonds is 8. The quantitative estimate of drug-likeness (QED) is 0.545. The molecule has 0 amide bonds. The van der Waals surface area contributed by atoms with E-state index in [0.29, 0.717) is 36.4 Å². The Kier molecular flexibility index (Phi) is 6.29. The molecule has 4 heteroatoms. The fraction of sp³-hybridized carbons (Fsp3) is 0.917. The maximum absolute atomic E-state index is 12.7. The van der Waals surface area contributed by atoms with Crippen LogP contribution >= 0.6 is 0 Å². The molecule has 3 aliphatic rings. The van der Waals surface area contributed by atoms with Crippen molar-refractivity contribution in [3.05, 3.63) is 0 Å². The first-order chi connectivity index (χ1) is 13.1. The zero-order chi connectivity index (χ0) is 20.6. The third kappa shape index (κ3) is 4.04. The molecule has 0 radical (unpaired) electrons. The lowest BCUT2D eigenvalue weighted by Crippen LogP contribution is -2.55. The van der Waals surface area contributed by atoms with Gasteiger partial charge >= 0.3 is 5.97 Å². The Balaban J connectivity index is 1.85. The lowest BCUT2D eigenvalue weighted by atomic mass is 9.46. The maximum Gasteiger partial charge on any atom is 0.303 e. The fourth-order valence-corrected chi connectivity index (χ4v) is 7.41. The van der Waals surface area contributed by atoms with Crippen molar-refractivity contribution in [3.8, 4) is 0 Å². The number of ketones is 1. The summed E-state index contributed by atoms with van der Waals surface area (Å²) in [6, 6.07) is 0. The first kappa shape index (κ1) is 21.8. The Morgan fingerprint density at radius 1 is 1.11 bits per heavy atom. The van der Waals surface area contributed by atoms with Crippen LogP contribution in [0.4, 0.5) is 0 Å². The molecule has 0 aliphatic heterocycles. The normalized spacial score (nSPS) is 42.9. The number of carboxylic acid groups (broad SMARTS) is 1. The van der Waals surface area contributed by atoms with Gasteiger partial charge in [-0.05, 0) is 74.5 Å². The molecule has 3 rings (SSSR count). The molecule has 4 nitrogen and oxygen atoms in total. The predicted octanol–water partition coefficient (Wildman–Crippen LogP) is 5.36. The van der Waals surface area contributed by atoms with Gasteiger partial charge in [0.05, 0.1) is 5.60 Å². The number of hydrogen-bond acceptors (Lipinski definition) is 3. The average Bonchev–Trinajstić information content (AvgIpc) is 2.90. The molecule has 0 unspecified atom stereocenters. The van der Waals surface area contributed by atoms with Crippen molar-refractivity contribution < 1.29 is 19.8 Å². The van der Waals surface area contributed by atoms with Gasteiger partial charge in [0.25, 0.3) is 0 Å². The minimum Gasteiger partial charge on any atom is -0.481 e. The summed E-state index contributed by atoms with van der Waals surface area (Å²) in [7, 11) is 0. The van der Waals surface area contributed by atoms with Crippen molar-refractivity contribution in [3.63, 3.8) is 0 Å². The summed E-state index contributed by atoms with van der Waals surface area (Å²) in [5, 5.41) is 20.8. The molecule has 0 aromatic heterocycles. The van der Waals surface area contributed by atoms with Crippen LogP contribution in [-0.2, 0) is 9.59 Å². The number of carbonyl (C=O) groups excluding carboxylic acids is 1. The van der Waals surface area contributed by atoms with Crippen molar-refractivity contribution in [2.75, 3.05) is 0 Å². The van der Waals surface area contributed by atoms with E-state index in [1.54, 1.807) is 0 Å². The molecule has 0 saturated heterocycles. The van der Waals surface area contributed by atoms with Crippen molar-refractivity contribution in [2.45, 2.75) is 110 Å². The number of carbonyl (C=O) groups is 2. The van der Waals surface area contributed by atoms with Gasteiger partial charge in [-0.3, -0.25) is 9.59 Å². The zero-order valence-corrected chi connectivity index (χ0v) is 18.1. The van der Waals surface area contributed by atoms with Gasteiger partial charge in [-0.1, -0.05) is 40.0 Å². The summed E-state index contributed by atoms with van der Waals surface area (Å²) in [6.07, 6.45) is 11.3. The Bertz CT molecular complexity index is 601. The summed E-state index contributed by atoms with van der Waals surface area (Å²) < 4.78 is 0. The van der Waals surface area contributed by atoms with E-state index in [9.17, 15) is 14.7 Å². The van der Waals surface area contributed by atoms with Crippen molar-refractivity contribution in [1.29, 1.82) is 0 Å². The Labute approximate surface area is 170 Å². The smallest absolute Gasteiger partial charge is 0.303 e. The molecular formula is C24H40O4. The molecule has 0 spiro atoms. The maximum atomic E-state index is 12.7. The third-order valence-corrected chi connectivity index (χ3v) is 8.77. The van der Waals surface area contributed by atoms with E-state index in [1.165, 1.54) is 0 Å². The van der Waals surface area contributed by atoms with E-state index in [0.717, 1.165) is 64.2 Å². The highest BCUT2D eigenvalue weighted by atomic mass is 16.4. The SMILES string of the molecule is CCCCC[C@@]1(O)C[C@@H]2[C@H](CC[C@]3(C)C(=O)CC[C@@H]23)[C@@](C)(CCCC(=O)O)C1. The molecule has 6 atom stereocenters. The largest absolute Gasteiger partial charge is 0.481 e. The highest BCUT2D eigenvalue weighted by Gasteiger charge is 2.60. The van der Waals surface area contributed by atoms with Crippen LogP contribution in [0.2, 0.25) is 0 Å². The van der Waals surface area contributed by atoms with Gasteiger partial charge in [-0.25, -0.2) is 0 Å². The number of fused-ring (bicyclic) bond motifs is 3. The molecule has 0 heterocycles. The van der Waals surface area contributed by atoms with Crippen molar-refractivity contribution in [2.24, 2.45) is 28.6 Å². The van der Waals surface area contributed by atoms with E-state index in [4.69, 9.17) is 5.11 Å². The summed E-state index contributed by atoms with van der Waals surface area (Å²) in [4.78, 5) is 23.7. The molecule has 2 N–H and O–H groups in total. The van der Waals surface area contributed by atoms with E-state index in [2.05, 4.69) is 20.8 Å². The van der Waals surface area contributed by atoms with E-state index >= 15 is 0 Å².